The first-order chi connectivity index (χ1) is 12.6. The van der Waals surface area contributed by atoms with Crippen LogP contribution < -0.4 is 10.2 Å². The summed E-state index contributed by atoms with van der Waals surface area (Å²) in [5.41, 5.74) is 3.47. The molecule has 1 aliphatic rings. The second kappa shape index (κ2) is 6.55. The van der Waals surface area contributed by atoms with Crippen LogP contribution in [0.5, 0.6) is 0 Å². The van der Waals surface area contributed by atoms with E-state index in [1.165, 1.54) is 12.1 Å². The lowest BCUT2D eigenvalue weighted by molar-refractivity contribution is 0.101. The zero-order valence-corrected chi connectivity index (χ0v) is 14.2. The number of carbonyl (C=O) groups is 1. The highest BCUT2D eigenvalue weighted by Gasteiger charge is 2.23. The highest BCUT2D eigenvalue weighted by Crippen LogP contribution is 2.33. The lowest BCUT2D eigenvalue weighted by Crippen LogP contribution is -2.15. The van der Waals surface area contributed by atoms with Gasteiger partial charge in [0, 0.05) is 35.2 Å². The summed E-state index contributed by atoms with van der Waals surface area (Å²) in [5.74, 6) is 1.07. The number of fused-ring (bicyclic) bond motifs is 1. The fourth-order valence-electron chi connectivity index (χ4n) is 3.00. The normalized spacial score (nSPS) is 12.8. The van der Waals surface area contributed by atoms with E-state index < -0.39 is 0 Å². The van der Waals surface area contributed by atoms with Crippen molar-refractivity contribution >= 4 is 28.9 Å². The smallest absolute Gasteiger partial charge is 0.229 e. The van der Waals surface area contributed by atoms with E-state index in [0.29, 0.717) is 11.5 Å². The predicted octanol–water partition coefficient (Wildman–Crippen LogP) is 4.26. The fourth-order valence-corrected chi connectivity index (χ4v) is 3.00. The molecular formula is C20H17FN4O. The maximum atomic E-state index is 13.0. The molecule has 6 heteroatoms. The van der Waals surface area contributed by atoms with Gasteiger partial charge < -0.3 is 10.2 Å². The van der Waals surface area contributed by atoms with Crippen LogP contribution in [-0.2, 0) is 6.42 Å². The standard InChI is InChI=1S/C20H17FN4O/c1-13(26)14-2-8-18(9-3-14)25-11-10-15-12-22-20(24-19(15)25)23-17-6-4-16(21)5-7-17/h2-9,12H,10-11H2,1H3,(H,22,23,24). The summed E-state index contributed by atoms with van der Waals surface area (Å²) in [6.07, 6.45) is 2.68. The van der Waals surface area contributed by atoms with Crippen LogP contribution in [0.4, 0.5) is 27.5 Å². The Bertz CT molecular complexity index is 955. The van der Waals surface area contributed by atoms with Crippen LogP contribution >= 0.6 is 0 Å². The molecule has 0 atom stereocenters. The Labute approximate surface area is 150 Å². The molecule has 0 bridgehead atoms. The van der Waals surface area contributed by atoms with Gasteiger partial charge in [-0.15, -0.1) is 0 Å². The van der Waals surface area contributed by atoms with Crippen molar-refractivity contribution in [2.75, 3.05) is 16.8 Å². The quantitative estimate of drug-likeness (QED) is 0.714. The number of rotatable bonds is 4. The van der Waals surface area contributed by atoms with Crippen LogP contribution in [0.1, 0.15) is 22.8 Å². The second-order valence-corrected chi connectivity index (χ2v) is 6.18. The third kappa shape index (κ3) is 3.13. The molecule has 26 heavy (non-hydrogen) atoms. The van der Waals surface area contributed by atoms with Gasteiger partial charge in [0.05, 0.1) is 0 Å². The van der Waals surface area contributed by atoms with Crippen molar-refractivity contribution < 1.29 is 9.18 Å². The van der Waals surface area contributed by atoms with Gasteiger partial charge in [-0.25, -0.2) is 9.37 Å². The zero-order chi connectivity index (χ0) is 18.1. The number of nitrogens with zero attached hydrogens (tertiary/aromatic N) is 3. The molecule has 1 aliphatic heterocycles. The van der Waals surface area contributed by atoms with E-state index in [4.69, 9.17) is 0 Å². The first-order valence-electron chi connectivity index (χ1n) is 8.37. The van der Waals surface area contributed by atoms with E-state index in [2.05, 4.69) is 20.2 Å². The largest absolute Gasteiger partial charge is 0.326 e. The van der Waals surface area contributed by atoms with Crippen molar-refractivity contribution in [1.82, 2.24) is 9.97 Å². The molecule has 0 fully saturated rings. The van der Waals surface area contributed by atoms with Crippen LogP contribution in [0.3, 0.4) is 0 Å². The average Bonchev–Trinajstić information content (AvgIpc) is 3.07. The van der Waals surface area contributed by atoms with Crippen molar-refractivity contribution in [3.63, 3.8) is 0 Å². The molecule has 4 rings (SSSR count). The van der Waals surface area contributed by atoms with Gasteiger partial charge in [-0.05, 0) is 61.9 Å². The minimum Gasteiger partial charge on any atom is -0.326 e. The van der Waals surface area contributed by atoms with Gasteiger partial charge in [-0.1, -0.05) is 0 Å². The summed E-state index contributed by atoms with van der Waals surface area (Å²) < 4.78 is 13.0. The molecule has 0 spiro atoms. The van der Waals surface area contributed by atoms with Gasteiger partial charge in [0.15, 0.2) is 5.78 Å². The molecule has 0 amide bonds. The third-order valence-corrected chi connectivity index (χ3v) is 4.39. The number of benzene rings is 2. The van der Waals surface area contributed by atoms with E-state index in [9.17, 15) is 9.18 Å². The van der Waals surface area contributed by atoms with Crippen LogP contribution in [0.2, 0.25) is 0 Å². The Morgan fingerprint density at radius 1 is 1.12 bits per heavy atom. The lowest BCUT2D eigenvalue weighted by Gasteiger charge is -2.19. The zero-order valence-electron chi connectivity index (χ0n) is 14.2. The molecule has 2 heterocycles. The molecule has 130 valence electrons. The van der Waals surface area contributed by atoms with Gasteiger partial charge >= 0.3 is 0 Å². The van der Waals surface area contributed by atoms with Crippen LogP contribution in [0.15, 0.2) is 54.7 Å². The topological polar surface area (TPSA) is 58.1 Å². The molecule has 3 aromatic rings. The minimum absolute atomic E-state index is 0.0477. The fraction of sp³-hybridized carbons (Fsp3) is 0.150. The highest BCUT2D eigenvalue weighted by atomic mass is 19.1. The summed E-state index contributed by atoms with van der Waals surface area (Å²) in [6.45, 7) is 2.37. The van der Waals surface area contributed by atoms with Crippen molar-refractivity contribution in [3.05, 3.63) is 71.7 Å². The number of hydrogen-bond donors (Lipinski definition) is 1. The Morgan fingerprint density at radius 2 is 1.85 bits per heavy atom. The molecule has 0 unspecified atom stereocenters. The van der Waals surface area contributed by atoms with Crippen molar-refractivity contribution in [2.24, 2.45) is 0 Å². The van der Waals surface area contributed by atoms with E-state index in [-0.39, 0.29) is 11.6 Å². The van der Waals surface area contributed by atoms with E-state index in [0.717, 1.165) is 35.7 Å². The molecule has 2 aromatic carbocycles. The van der Waals surface area contributed by atoms with Crippen molar-refractivity contribution in [3.8, 4) is 0 Å². The van der Waals surface area contributed by atoms with Gasteiger partial charge in [0.2, 0.25) is 5.95 Å². The number of hydrogen-bond acceptors (Lipinski definition) is 5. The van der Waals surface area contributed by atoms with E-state index in [1.54, 1.807) is 19.1 Å². The third-order valence-electron chi connectivity index (χ3n) is 4.39. The minimum atomic E-state index is -0.286. The molecule has 1 N–H and O–H groups in total. The summed E-state index contributed by atoms with van der Waals surface area (Å²) in [6, 6.07) is 13.6. The van der Waals surface area contributed by atoms with Gasteiger partial charge in [-0.3, -0.25) is 4.79 Å². The highest BCUT2D eigenvalue weighted by molar-refractivity contribution is 5.94. The Hall–Kier alpha value is -3.28. The van der Waals surface area contributed by atoms with Gasteiger partial charge in [-0.2, -0.15) is 4.98 Å². The number of carbonyl (C=O) groups excluding carboxylic acids is 1. The maximum absolute atomic E-state index is 13.0. The summed E-state index contributed by atoms with van der Waals surface area (Å²) in [7, 11) is 0. The SMILES string of the molecule is CC(=O)c1ccc(N2CCc3cnc(Nc4ccc(F)cc4)nc32)cc1. The maximum Gasteiger partial charge on any atom is 0.229 e. The monoisotopic (exact) mass is 348 g/mol. The lowest BCUT2D eigenvalue weighted by atomic mass is 10.1. The molecule has 0 aliphatic carbocycles. The number of Topliss-reactive ketones (excluding diaryl/α,β-unsaturated/α-hetero) is 1. The van der Waals surface area contributed by atoms with Crippen LogP contribution in [0.25, 0.3) is 0 Å². The first kappa shape index (κ1) is 16.2. The number of anilines is 4. The van der Waals surface area contributed by atoms with Gasteiger partial charge in [0.25, 0.3) is 0 Å². The Kier molecular flexibility index (Phi) is 4.08. The number of nitrogens with one attached hydrogen (secondary N) is 1. The molecule has 0 saturated heterocycles. The van der Waals surface area contributed by atoms with Crippen LogP contribution in [0, 0.1) is 5.82 Å². The van der Waals surface area contributed by atoms with E-state index >= 15 is 0 Å². The molecular weight excluding hydrogens is 331 g/mol. The van der Waals surface area contributed by atoms with E-state index in [1.807, 2.05) is 30.5 Å². The van der Waals surface area contributed by atoms with Crippen LogP contribution in [-0.4, -0.2) is 22.3 Å². The van der Waals surface area contributed by atoms with Crippen molar-refractivity contribution in [2.45, 2.75) is 13.3 Å². The number of aromatic nitrogens is 2. The number of ketones is 1. The Morgan fingerprint density at radius 3 is 2.54 bits per heavy atom. The first-order valence-corrected chi connectivity index (χ1v) is 8.37. The molecule has 0 radical (unpaired) electrons. The Balaban J connectivity index is 1.61. The predicted molar refractivity (Wildman–Crippen MR) is 98.9 cm³/mol. The van der Waals surface area contributed by atoms with Gasteiger partial charge in [0.1, 0.15) is 11.6 Å². The number of halogens is 1. The average molecular weight is 348 g/mol. The summed E-state index contributed by atoms with van der Waals surface area (Å²) in [5, 5.41) is 3.10. The molecule has 0 saturated carbocycles. The molecule has 5 nitrogen and oxygen atoms in total. The van der Waals surface area contributed by atoms with Crippen molar-refractivity contribution in [1.29, 1.82) is 0 Å². The summed E-state index contributed by atoms with van der Waals surface area (Å²) >= 11 is 0. The second-order valence-electron chi connectivity index (χ2n) is 6.18. The summed E-state index contributed by atoms with van der Waals surface area (Å²) in [4.78, 5) is 22.5. The molecule has 1 aromatic heterocycles.